The average molecular weight is 277 g/mol. The van der Waals surface area contributed by atoms with Gasteiger partial charge in [-0.2, -0.15) is 0 Å². The molecule has 0 aliphatic heterocycles. The van der Waals surface area contributed by atoms with Crippen LogP contribution in [0.3, 0.4) is 0 Å². The van der Waals surface area contributed by atoms with Crippen molar-refractivity contribution in [3.8, 4) is 0 Å². The maximum Gasteiger partial charge on any atom is 0.190 e. The Bertz CT molecular complexity index is 686. The molecule has 0 saturated heterocycles. The van der Waals surface area contributed by atoms with Gasteiger partial charge in [-0.15, -0.1) is 0 Å². The second-order valence-electron chi connectivity index (χ2n) is 5.70. The Balaban J connectivity index is 2.13. The van der Waals surface area contributed by atoms with Crippen LogP contribution >= 0.6 is 0 Å². The number of fused-ring (bicyclic) bond motifs is 1. The summed E-state index contributed by atoms with van der Waals surface area (Å²) < 4.78 is 0. The van der Waals surface area contributed by atoms with E-state index in [2.05, 4.69) is 30.3 Å². The highest BCUT2D eigenvalue weighted by atomic mass is 16.1. The number of benzene rings is 2. The summed E-state index contributed by atoms with van der Waals surface area (Å²) in [5.74, 6) is 0.415. The zero-order chi connectivity index (χ0) is 14.8. The molecular formula is C19H19NO. The molecule has 0 spiro atoms. The highest BCUT2D eigenvalue weighted by Gasteiger charge is 2.30. The molecule has 1 aliphatic carbocycles. The van der Waals surface area contributed by atoms with Gasteiger partial charge in [0.25, 0.3) is 0 Å². The van der Waals surface area contributed by atoms with Gasteiger partial charge in [-0.3, -0.25) is 4.79 Å². The van der Waals surface area contributed by atoms with Crippen molar-refractivity contribution in [2.45, 2.75) is 12.3 Å². The maximum atomic E-state index is 12.6. The van der Waals surface area contributed by atoms with Crippen molar-refractivity contribution in [2.24, 2.45) is 0 Å². The fourth-order valence-electron chi connectivity index (χ4n) is 3.01. The number of hydrogen-bond acceptors (Lipinski definition) is 2. The minimum Gasteiger partial charge on any atom is -0.383 e. The van der Waals surface area contributed by atoms with E-state index in [1.807, 2.05) is 49.5 Å². The molecule has 0 fully saturated rings. The van der Waals surface area contributed by atoms with Crippen LogP contribution in [0.4, 0.5) is 0 Å². The summed E-state index contributed by atoms with van der Waals surface area (Å²) in [6.07, 6.45) is 2.71. The SMILES string of the molecule is CN(C)/C=C1\CC(c2ccccc2)c2ccccc2C1=O. The summed E-state index contributed by atoms with van der Waals surface area (Å²) in [7, 11) is 3.91. The molecule has 3 rings (SSSR count). The van der Waals surface area contributed by atoms with Crippen LogP contribution in [-0.2, 0) is 0 Å². The van der Waals surface area contributed by atoms with Crippen LogP contribution in [0.2, 0.25) is 0 Å². The number of nitrogens with zero attached hydrogens (tertiary/aromatic N) is 1. The smallest absolute Gasteiger partial charge is 0.190 e. The average Bonchev–Trinajstić information content (AvgIpc) is 2.51. The Morgan fingerprint density at radius 3 is 2.38 bits per heavy atom. The van der Waals surface area contributed by atoms with E-state index >= 15 is 0 Å². The summed E-state index contributed by atoms with van der Waals surface area (Å²) in [6.45, 7) is 0. The topological polar surface area (TPSA) is 20.3 Å². The highest BCUT2D eigenvalue weighted by Crippen LogP contribution is 2.38. The van der Waals surface area contributed by atoms with Crippen LogP contribution in [-0.4, -0.2) is 24.8 Å². The molecule has 0 saturated carbocycles. The first-order chi connectivity index (χ1) is 10.2. The van der Waals surface area contributed by atoms with Gasteiger partial charge >= 0.3 is 0 Å². The number of allylic oxidation sites excluding steroid dienone is 1. The van der Waals surface area contributed by atoms with E-state index in [0.29, 0.717) is 0 Å². The maximum absolute atomic E-state index is 12.6. The third-order valence-electron chi connectivity index (χ3n) is 3.91. The van der Waals surface area contributed by atoms with Crippen molar-refractivity contribution in [1.82, 2.24) is 4.90 Å². The van der Waals surface area contributed by atoms with Gasteiger partial charge in [-0.25, -0.2) is 0 Å². The normalized spacial score (nSPS) is 19.4. The van der Waals surface area contributed by atoms with E-state index in [1.54, 1.807) is 0 Å². The number of carbonyl (C=O) groups is 1. The predicted octanol–water partition coefficient (Wildman–Crippen LogP) is 3.85. The first-order valence-electron chi connectivity index (χ1n) is 7.22. The van der Waals surface area contributed by atoms with Gasteiger partial charge in [-0.1, -0.05) is 54.6 Å². The molecule has 2 aromatic carbocycles. The van der Waals surface area contributed by atoms with Crippen LogP contribution in [0.5, 0.6) is 0 Å². The minimum absolute atomic E-state index is 0.159. The lowest BCUT2D eigenvalue weighted by Gasteiger charge is -2.27. The van der Waals surface area contributed by atoms with Gasteiger partial charge in [0.05, 0.1) is 0 Å². The van der Waals surface area contributed by atoms with Crippen LogP contribution in [0.1, 0.15) is 33.8 Å². The lowest BCUT2D eigenvalue weighted by molar-refractivity contribution is 0.102. The van der Waals surface area contributed by atoms with E-state index in [4.69, 9.17) is 0 Å². The van der Waals surface area contributed by atoms with E-state index in [9.17, 15) is 4.79 Å². The fourth-order valence-corrected chi connectivity index (χ4v) is 3.01. The highest BCUT2D eigenvalue weighted by molar-refractivity contribution is 6.11. The lowest BCUT2D eigenvalue weighted by atomic mass is 9.76. The number of rotatable bonds is 2. The molecule has 2 nitrogen and oxygen atoms in total. The first kappa shape index (κ1) is 13.6. The summed E-state index contributed by atoms with van der Waals surface area (Å²) >= 11 is 0. The molecule has 0 amide bonds. The fraction of sp³-hybridized carbons (Fsp3) is 0.211. The molecule has 1 atom stereocenters. The number of hydrogen-bond donors (Lipinski definition) is 0. The van der Waals surface area contributed by atoms with Crippen LogP contribution in [0, 0.1) is 0 Å². The van der Waals surface area contributed by atoms with E-state index in [-0.39, 0.29) is 11.7 Å². The Labute approximate surface area is 125 Å². The molecular weight excluding hydrogens is 258 g/mol. The quantitative estimate of drug-likeness (QED) is 0.777. The summed E-state index contributed by atoms with van der Waals surface area (Å²) in [4.78, 5) is 14.6. The van der Waals surface area contributed by atoms with E-state index in [1.165, 1.54) is 5.56 Å². The van der Waals surface area contributed by atoms with Gasteiger partial charge in [-0.05, 0) is 17.5 Å². The molecule has 0 aromatic heterocycles. The van der Waals surface area contributed by atoms with Crippen molar-refractivity contribution in [2.75, 3.05) is 14.1 Å². The molecule has 1 unspecified atom stereocenters. The Kier molecular flexibility index (Phi) is 3.61. The summed E-state index contributed by atoms with van der Waals surface area (Å²) in [5, 5.41) is 0. The standard InChI is InChI=1S/C19H19NO/c1-20(2)13-15-12-18(14-8-4-3-5-9-14)16-10-6-7-11-17(16)19(15)21/h3-11,13,18H,12H2,1-2H3/b15-13+. The van der Waals surface area contributed by atoms with Gasteiger partial charge in [0.15, 0.2) is 5.78 Å². The van der Waals surface area contributed by atoms with E-state index < -0.39 is 0 Å². The van der Waals surface area contributed by atoms with Crippen molar-refractivity contribution in [3.05, 3.63) is 83.1 Å². The summed E-state index contributed by atoms with van der Waals surface area (Å²) in [6, 6.07) is 18.4. The van der Waals surface area contributed by atoms with Crippen LogP contribution in [0.15, 0.2) is 66.4 Å². The van der Waals surface area contributed by atoms with Crippen molar-refractivity contribution in [1.29, 1.82) is 0 Å². The van der Waals surface area contributed by atoms with E-state index in [0.717, 1.165) is 23.1 Å². The van der Waals surface area contributed by atoms with Gasteiger partial charge < -0.3 is 4.90 Å². The number of carbonyl (C=O) groups excluding carboxylic acids is 1. The number of Topliss-reactive ketones (excluding diaryl/α,β-unsaturated/α-hetero) is 1. The second-order valence-corrected chi connectivity index (χ2v) is 5.70. The largest absolute Gasteiger partial charge is 0.383 e. The molecule has 2 aromatic rings. The molecule has 1 aliphatic rings. The van der Waals surface area contributed by atoms with Crippen LogP contribution in [0.25, 0.3) is 0 Å². The van der Waals surface area contributed by atoms with Crippen molar-refractivity contribution in [3.63, 3.8) is 0 Å². The minimum atomic E-state index is 0.159. The molecule has 2 heteroatoms. The van der Waals surface area contributed by atoms with Crippen LogP contribution < -0.4 is 0 Å². The van der Waals surface area contributed by atoms with Crippen molar-refractivity contribution >= 4 is 5.78 Å². The lowest BCUT2D eigenvalue weighted by Crippen LogP contribution is -2.21. The molecule has 0 heterocycles. The first-order valence-corrected chi connectivity index (χ1v) is 7.22. The van der Waals surface area contributed by atoms with Gasteiger partial charge in [0.2, 0.25) is 0 Å². The predicted molar refractivity (Wildman–Crippen MR) is 85.4 cm³/mol. The van der Waals surface area contributed by atoms with Gasteiger partial charge in [0.1, 0.15) is 0 Å². The molecule has 0 bridgehead atoms. The summed E-state index contributed by atoms with van der Waals surface area (Å²) in [5.41, 5.74) is 4.13. The zero-order valence-electron chi connectivity index (χ0n) is 12.4. The molecule has 21 heavy (non-hydrogen) atoms. The third kappa shape index (κ3) is 2.62. The zero-order valence-corrected chi connectivity index (χ0v) is 12.4. The van der Waals surface area contributed by atoms with Gasteiger partial charge in [0, 0.05) is 37.3 Å². The third-order valence-corrected chi connectivity index (χ3v) is 3.91. The second kappa shape index (κ2) is 5.57. The Morgan fingerprint density at radius 2 is 1.67 bits per heavy atom. The number of ketones is 1. The Morgan fingerprint density at radius 1 is 1.00 bits per heavy atom. The molecule has 0 N–H and O–H groups in total. The molecule has 0 radical (unpaired) electrons. The molecule has 106 valence electrons. The van der Waals surface area contributed by atoms with Crippen molar-refractivity contribution < 1.29 is 4.79 Å². The Hall–Kier alpha value is -2.35. The monoisotopic (exact) mass is 277 g/mol.